The highest BCUT2D eigenvalue weighted by Crippen LogP contribution is 2.29. The molecular formula is C11H12ClN3S. The number of aromatic nitrogens is 2. The van der Waals surface area contributed by atoms with E-state index in [0.29, 0.717) is 0 Å². The van der Waals surface area contributed by atoms with E-state index >= 15 is 0 Å². The molecule has 0 aliphatic rings. The Hall–Kier alpha value is -1.13. The van der Waals surface area contributed by atoms with Crippen LogP contribution in [0.3, 0.4) is 0 Å². The Bertz CT molecular complexity index is 522. The maximum Gasteiger partial charge on any atom is 0.171 e. The van der Waals surface area contributed by atoms with Gasteiger partial charge in [-0.15, -0.1) is 11.3 Å². The molecule has 0 saturated heterocycles. The average molecular weight is 254 g/mol. The molecule has 2 aromatic heterocycles. The van der Waals surface area contributed by atoms with Gasteiger partial charge in [0.15, 0.2) is 5.82 Å². The largest absolute Gasteiger partial charge is 0.373 e. The van der Waals surface area contributed by atoms with Gasteiger partial charge in [-0.1, -0.05) is 11.6 Å². The fourth-order valence-electron chi connectivity index (χ4n) is 1.41. The van der Waals surface area contributed by atoms with E-state index in [-0.39, 0.29) is 0 Å². The minimum atomic E-state index is 0.726. The maximum absolute atomic E-state index is 5.89. The molecule has 0 aliphatic carbocycles. The van der Waals surface area contributed by atoms with Crippen LogP contribution >= 0.6 is 22.9 Å². The summed E-state index contributed by atoms with van der Waals surface area (Å²) in [7, 11) is 1.86. The zero-order valence-electron chi connectivity index (χ0n) is 9.34. The van der Waals surface area contributed by atoms with Gasteiger partial charge in [-0.3, -0.25) is 0 Å². The van der Waals surface area contributed by atoms with Gasteiger partial charge in [-0.05, 0) is 19.9 Å². The van der Waals surface area contributed by atoms with E-state index in [1.807, 2.05) is 32.3 Å². The average Bonchev–Trinajstić information content (AvgIpc) is 2.69. The molecule has 2 aromatic rings. The topological polar surface area (TPSA) is 37.8 Å². The van der Waals surface area contributed by atoms with Crippen LogP contribution in [0.25, 0.3) is 10.7 Å². The van der Waals surface area contributed by atoms with Crippen molar-refractivity contribution in [2.75, 3.05) is 12.4 Å². The SMILES string of the molecule is CNc1nc(-c2cc(Cl)cs2)nc(C)c1C. The maximum atomic E-state index is 5.89. The van der Waals surface area contributed by atoms with Crippen molar-refractivity contribution in [3.63, 3.8) is 0 Å². The summed E-state index contributed by atoms with van der Waals surface area (Å²) in [4.78, 5) is 9.92. The molecule has 84 valence electrons. The van der Waals surface area contributed by atoms with Gasteiger partial charge in [0.25, 0.3) is 0 Å². The Kier molecular flexibility index (Phi) is 3.12. The Morgan fingerprint density at radius 3 is 2.62 bits per heavy atom. The summed E-state index contributed by atoms with van der Waals surface area (Å²) in [5.74, 6) is 1.59. The normalized spacial score (nSPS) is 10.5. The van der Waals surface area contributed by atoms with Crippen molar-refractivity contribution in [3.05, 3.63) is 27.7 Å². The van der Waals surface area contributed by atoms with Gasteiger partial charge < -0.3 is 5.32 Å². The molecule has 0 saturated carbocycles. The van der Waals surface area contributed by atoms with Gasteiger partial charge in [0.05, 0.1) is 9.90 Å². The Morgan fingerprint density at radius 2 is 2.06 bits per heavy atom. The third kappa shape index (κ3) is 2.03. The van der Waals surface area contributed by atoms with Crippen LogP contribution in [-0.4, -0.2) is 17.0 Å². The number of thiophene rings is 1. The Morgan fingerprint density at radius 1 is 1.31 bits per heavy atom. The number of nitrogens with one attached hydrogen (secondary N) is 1. The van der Waals surface area contributed by atoms with Gasteiger partial charge >= 0.3 is 0 Å². The third-order valence-corrected chi connectivity index (χ3v) is 3.69. The number of aryl methyl sites for hydroxylation is 1. The summed E-state index contributed by atoms with van der Waals surface area (Å²) in [5.41, 5.74) is 2.06. The fraction of sp³-hybridized carbons (Fsp3) is 0.273. The van der Waals surface area contributed by atoms with Crippen molar-refractivity contribution < 1.29 is 0 Å². The van der Waals surface area contributed by atoms with Crippen molar-refractivity contribution in [2.45, 2.75) is 13.8 Å². The summed E-state index contributed by atoms with van der Waals surface area (Å²) in [5, 5.41) is 5.69. The summed E-state index contributed by atoms with van der Waals surface area (Å²) >= 11 is 7.45. The van der Waals surface area contributed by atoms with Gasteiger partial charge in [-0.25, -0.2) is 9.97 Å². The van der Waals surface area contributed by atoms with Crippen LogP contribution in [0, 0.1) is 13.8 Å². The number of hydrogen-bond acceptors (Lipinski definition) is 4. The first-order valence-electron chi connectivity index (χ1n) is 4.89. The van der Waals surface area contributed by atoms with E-state index in [0.717, 1.165) is 32.8 Å². The minimum absolute atomic E-state index is 0.726. The van der Waals surface area contributed by atoms with E-state index in [1.54, 1.807) is 11.3 Å². The number of anilines is 1. The van der Waals surface area contributed by atoms with Crippen molar-refractivity contribution >= 4 is 28.8 Å². The molecule has 2 rings (SSSR count). The van der Waals surface area contributed by atoms with Crippen molar-refractivity contribution in [3.8, 4) is 10.7 Å². The van der Waals surface area contributed by atoms with E-state index in [9.17, 15) is 0 Å². The molecule has 0 atom stereocenters. The van der Waals surface area contributed by atoms with Crippen molar-refractivity contribution in [1.82, 2.24) is 9.97 Å². The first kappa shape index (κ1) is 11.4. The fourth-order valence-corrected chi connectivity index (χ4v) is 2.42. The summed E-state index contributed by atoms with van der Waals surface area (Å²) in [6.07, 6.45) is 0. The van der Waals surface area contributed by atoms with E-state index in [4.69, 9.17) is 11.6 Å². The number of nitrogens with zero attached hydrogens (tertiary/aromatic N) is 2. The third-order valence-electron chi connectivity index (χ3n) is 2.41. The van der Waals surface area contributed by atoms with Crippen LogP contribution in [0.15, 0.2) is 11.4 Å². The molecule has 0 aliphatic heterocycles. The van der Waals surface area contributed by atoms with Crippen LogP contribution in [0.1, 0.15) is 11.3 Å². The summed E-state index contributed by atoms with van der Waals surface area (Å²) in [6, 6.07) is 1.88. The summed E-state index contributed by atoms with van der Waals surface area (Å²) in [6.45, 7) is 3.99. The van der Waals surface area contributed by atoms with Crippen LogP contribution in [0.5, 0.6) is 0 Å². The van der Waals surface area contributed by atoms with Crippen LogP contribution < -0.4 is 5.32 Å². The van der Waals surface area contributed by atoms with Gasteiger partial charge in [0.2, 0.25) is 0 Å². The second-order valence-electron chi connectivity index (χ2n) is 3.49. The lowest BCUT2D eigenvalue weighted by Crippen LogP contribution is -2.02. The van der Waals surface area contributed by atoms with Gasteiger partial charge in [0, 0.05) is 23.7 Å². The van der Waals surface area contributed by atoms with Crippen LogP contribution in [0.4, 0.5) is 5.82 Å². The highest BCUT2D eigenvalue weighted by Gasteiger charge is 2.10. The highest BCUT2D eigenvalue weighted by molar-refractivity contribution is 7.14. The second kappa shape index (κ2) is 4.39. The van der Waals surface area contributed by atoms with Gasteiger partial charge in [-0.2, -0.15) is 0 Å². The first-order valence-corrected chi connectivity index (χ1v) is 6.15. The van der Waals surface area contributed by atoms with Crippen molar-refractivity contribution in [1.29, 1.82) is 0 Å². The molecule has 0 unspecified atom stereocenters. The molecule has 0 radical (unpaired) electrons. The molecule has 5 heteroatoms. The smallest absolute Gasteiger partial charge is 0.171 e. The Labute approximate surface area is 104 Å². The first-order chi connectivity index (χ1) is 7.61. The zero-order valence-corrected chi connectivity index (χ0v) is 10.9. The van der Waals surface area contributed by atoms with Crippen LogP contribution in [0.2, 0.25) is 5.02 Å². The zero-order chi connectivity index (χ0) is 11.7. The standard InChI is InChI=1S/C11H12ClN3S/c1-6-7(2)14-11(15-10(6)13-3)9-4-8(12)5-16-9/h4-5H,1-3H3,(H,13,14,15). The van der Waals surface area contributed by atoms with E-state index in [2.05, 4.69) is 15.3 Å². The monoisotopic (exact) mass is 253 g/mol. The predicted octanol–water partition coefficient (Wildman–Crippen LogP) is 3.52. The van der Waals surface area contributed by atoms with Crippen LogP contribution in [-0.2, 0) is 0 Å². The number of hydrogen-bond donors (Lipinski definition) is 1. The molecule has 0 spiro atoms. The molecule has 2 heterocycles. The molecule has 3 nitrogen and oxygen atoms in total. The minimum Gasteiger partial charge on any atom is -0.373 e. The molecule has 0 amide bonds. The molecule has 16 heavy (non-hydrogen) atoms. The lowest BCUT2D eigenvalue weighted by Gasteiger charge is -2.08. The number of rotatable bonds is 2. The molecule has 0 fully saturated rings. The lowest BCUT2D eigenvalue weighted by atomic mass is 10.2. The Balaban J connectivity index is 2.54. The van der Waals surface area contributed by atoms with Crippen molar-refractivity contribution in [2.24, 2.45) is 0 Å². The van der Waals surface area contributed by atoms with E-state index < -0.39 is 0 Å². The molecular weight excluding hydrogens is 242 g/mol. The lowest BCUT2D eigenvalue weighted by molar-refractivity contribution is 1.07. The highest BCUT2D eigenvalue weighted by atomic mass is 35.5. The summed E-state index contributed by atoms with van der Waals surface area (Å²) < 4.78 is 0. The second-order valence-corrected chi connectivity index (χ2v) is 4.83. The number of halogens is 1. The quantitative estimate of drug-likeness (QED) is 0.890. The molecule has 0 aromatic carbocycles. The molecule has 0 bridgehead atoms. The predicted molar refractivity (Wildman–Crippen MR) is 69.4 cm³/mol. The molecule has 1 N–H and O–H groups in total. The van der Waals surface area contributed by atoms with E-state index in [1.165, 1.54) is 0 Å². The van der Waals surface area contributed by atoms with Gasteiger partial charge in [0.1, 0.15) is 5.82 Å².